The molecule has 0 radical (unpaired) electrons. The zero-order chi connectivity index (χ0) is 18.1. The first kappa shape index (κ1) is 16.3. The second-order valence-corrected chi connectivity index (χ2v) is 6.63. The largest absolute Gasteiger partial charge is 0.340 e. The van der Waals surface area contributed by atoms with Crippen LogP contribution in [0, 0.1) is 13.8 Å². The fourth-order valence-electron chi connectivity index (χ4n) is 3.36. The molecule has 0 bridgehead atoms. The quantitative estimate of drug-likeness (QED) is 0.753. The molecule has 0 spiro atoms. The number of hydrogen-bond acceptors (Lipinski definition) is 3. The summed E-state index contributed by atoms with van der Waals surface area (Å²) >= 11 is 0. The van der Waals surface area contributed by atoms with E-state index in [-0.39, 0.29) is 5.91 Å². The van der Waals surface area contributed by atoms with E-state index in [9.17, 15) is 4.79 Å². The number of para-hydroxylation sites is 1. The van der Waals surface area contributed by atoms with Gasteiger partial charge in [0.05, 0.1) is 11.9 Å². The number of aromatic nitrogens is 1. The summed E-state index contributed by atoms with van der Waals surface area (Å²) in [7, 11) is 0. The van der Waals surface area contributed by atoms with Gasteiger partial charge >= 0.3 is 0 Å². The zero-order valence-corrected chi connectivity index (χ0v) is 15.0. The van der Waals surface area contributed by atoms with Crippen molar-refractivity contribution in [3.63, 3.8) is 0 Å². The van der Waals surface area contributed by atoms with E-state index in [1.165, 1.54) is 11.3 Å². The molecule has 1 aromatic heterocycles. The van der Waals surface area contributed by atoms with Gasteiger partial charge in [-0.2, -0.15) is 0 Å². The monoisotopic (exact) mass is 343 g/mol. The van der Waals surface area contributed by atoms with Gasteiger partial charge in [0.2, 0.25) is 0 Å². The summed E-state index contributed by atoms with van der Waals surface area (Å²) in [6, 6.07) is 18.1. The third-order valence-corrected chi connectivity index (χ3v) is 5.03. The molecule has 1 N–H and O–H groups in total. The van der Waals surface area contributed by atoms with Crippen molar-refractivity contribution in [2.75, 3.05) is 16.8 Å². The fourth-order valence-corrected chi connectivity index (χ4v) is 3.36. The van der Waals surface area contributed by atoms with Crippen LogP contribution in [0.15, 0.2) is 60.8 Å². The van der Waals surface area contributed by atoms with Crippen LogP contribution in [-0.2, 0) is 6.42 Å². The Bertz CT molecular complexity index is 963. The van der Waals surface area contributed by atoms with E-state index >= 15 is 0 Å². The van der Waals surface area contributed by atoms with Crippen LogP contribution in [-0.4, -0.2) is 17.4 Å². The number of benzene rings is 2. The smallest absolute Gasteiger partial charge is 0.274 e. The summed E-state index contributed by atoms with van der Waals surface area (Å²) in [4.78, 5) is 19.2. The average Bonchev–Trinajstić information content (AvgIpc) is 3.10. The predicted molar refractivity (Wildman–Crippen MR) is 105 cm³/mol. The first-order valence-electron chi connectivity index (χ1n) is 8.82. The summed E-state index contributed by atoms with van der Waals surface area (Å²) in [6.07, 6.45) is 2.81. The zero-order valence-electron chi connectivity index (χ0n) is 15.0. The number of carbonyl (C=O) groups excluding carboxylic acids is 1. The first-order chi connectivity index (χ1) is 12.6. The SMILES string of the molecule is Cc1cccc(NC(=O)c2ccc(N3CCc4ccccc43)cn2)c1C. The Balaban J connectivity index is 1.53. The lowest BCUT2D eigenvalue weighted by molar-refractivity contribution is 0.102. The number of amides is 1. The maximum atomic E-state index is 12.5. The van der Waals surface area contributed by atoms with Gasteiger partial charge in [-0.05, 0) is 61.2 Å². The number of nitrogens with zero attached hydrogens (tertiary/aromatic N) is 2. The molecule has 3 aromatic rings. The second kappa shape index (κ2) is 6.64. The van der Waals surface area contributed by atoms with Gasteiger partial charge in [0, 0.05) is 17.9 Å². The third kappa shape index (κ3) is 2.94. The van der Waals surface area contributed by atoms with Crippen LogP contribution in [0.2, 0.25) is 0 Å². The van der Waals surface area contributed by atoms with Gasteiger partial charge in [0.15, 0.2) is 0 Å². The molecule has 0 saturated carbocycles. The molecule has 0 aliphatic carbocycles. The van der Waals surface area contributed by atoms with Gasteiger partial charge in [-0.1, -0.05) is 30.3 Å². The molecule has 0 unspecified atom stereocenters. The average molecular weight is 343 g/mol. The van der Waals surface area contributed by atoms with Gasteiger partial charge in [-0.15, -0.1) is 0 Å². The second-order valence-electron chi connectivity index (χ2n) is 6.63. The Kier molecular flexibility index (Phi) is 4.17. The van der Waals surface area contributed by atoms with Crippen molar-refractivity contribution >= 4 is 23.0 Å². The highest BCUT2D eigenvalue weighted by Gasteiger charge is 2.20. The molecule has 1 amide bonds. The van der Waals surface area contributed by atoms with E-state index in [4.69, 9.17) is 0 Å². The lowest BCUT2D eigenvalue weighted by Crippen LogP contribution is -2.17. The number of fused-ring (bicyclic) bond motifs is 1. The van der Waals surface area contributed by atoms with Crippen LogP contribution in [0.3, 0.4) is 0 Å². The van der Waals surface area contributed by atoms with Crippen LogP contribution < -0.4 is 10.2 Å². The topological polar surface area (TPSA) is 45.2 Å². The van der Waals surface area contributed by atoms with Crippen molar-refractivity contribution in [2.45, 2.75) is 20.3 Å². The summed E-state index contributed by atoms with van der Waals surface area (Å²) < 4.78 is 0. The van der Waals surface area contributed by atoms with E-state index in [1.807, 2.05) is 38.1 Å². The number of rotatable bonds is 3. The molecule has 1 aliphatic heterocycles. The molecule has 2 aromatic carbocycles. The Morgan fingerprint density at radius 1 is 1.04 bits per heavy atom. The van der Waals surface area contributed by atoms with Crippen molar-refractivity contribution in [2.24, 2.45) is 0 Å². The molecule has 4 rings (SSSR count). The molecule has 4 nitrogen and oxygen atoms in total. The van der Waals surface area contributed by atoms with Gasteiger partial charge in [-0.3, -0.25) is 4.79 Å². The fraction of sp³-hybridized carbons (Fsp3) is 0.182. The van der Waals surface area contributed by atoms with E-state index in [1.54, 1.807) is 12.3 Å². The van der Waals surface area contributed by atoms with Crippen LogP contribution in [0.25, 0.3) is 0 Å². The van der Waals surface area contributed by atoms with Crippen LogP contribution in [0.5, 0.6) is 0 Å². The number of hydrogen-bond donors (Lipinski definition) is 1. The predicted octanol–water partition coefficient (Wildman–Crippen LogP) is 4.64. The minimum atomic E-state index is -0.188. The van der Waals surface area contributed by atoms with Crippen molar-refractivity contribution in [1.29, 1.82) is 0 Å². The summed E-state index contributed by atoms with van der Waals surface area (Å²) in [5, 5.41) is 2.96. The molecule has 0 saturated heterocycles. The summed E-state index contributed by atoms with van der Waals surface area (Å²) in [5.41, 5.74) is 7.06. The van der Waals surface area contributed by atoms with Gasteiger partial charge in [0.1, 0.15) is 5.69 Å². The Morgan fingerprint density at radius 3 is 2.69 bits per heavy atom. The molecule has 0 fully saturated rings. The number of carbonyl (C=O) groups is 1. The summed E-state index contributed by atoms with van der Waals surface area (Å²) in [6.45, 7) is 4.98. The number of nitrogens with one attached hydrogen (secondary N) is 1. The number of anilines is 3. The number of pyridine rings is 1. The highest BCUT2D eigenvalue weighted by Crippen LogP contribution is 2.33. The van der Waals surface area contributed by atoms with Gasteiger partial charge in [0.25, 0.3) is 5.91 Å². The minimum Gasteiger partial charge on any atom is -0.340 e. The molecule has 26 heavy (non-hydrogen) atoms. The molecular formula is C22H21N3O. The Labute approximate surface area is 153 Å². The minimum absolute atomic E-state index is 0.188. The molecule has 0 atom stereocenters. The first-order valence-corrected chi connectivity index (χ1v) is 8.82. The van der Waals surface area contributed by atoms with Crippen molar-refractivity contribution < 1.29 is 4.79 Å². The normalized spacial score (nSPS) is 12.8. The van der Waals surface area contributed by atoms with E-state index in [0.29, 0.717) is 5.69 Å². The lowest BCUT2D eigenvalue weighted by Gasteiger charge is -2.19. The maximum absolute atomic E-state index is 12.5. The Morgan fingerprint density at radius 2 is 1.88 bits per heavy atom. The molecular weight excluding hydrogens is 322 g/mol. The lowest BCUT2D eigenvalue weighted by atomic mass is 10.1. The van der Waals surface area contributed by atoms with E-state index in [2.05, 4.69) is 39.5 Å². The highest BCUT2D eigenvalue weighted by atomic mass is 16.1. The van der Waals surface area contributed by atoms with Crippen molar-refractivity contribution in [3.8, 4) is 0 Å². The Hall–Kier alpha value is -3.14. The standard InChI is InChI=1S/C22H21N3O/c1-15-6-5-8-19(16(15)2)24-22(26)20-11-10-18(14-23-20)25-13-12-17-7-3-4-9-21(17)25/h3-11,14H,12-13H2,1-2H3,(H,24,26). The van der Waals surface area contributed by atoms with Crippen LogP contribution in [0.4, 0.5) is 17.1 Å². The van der Waals surface area contributed by atoms with Crippen LogP contribution >= 0.6 is 0 Å². The maximum Gasteiger partial charge on any atom is 0.274 e. The van der Waals surface area contributed by atoms with Crippen LogP contribution in [0.1, 0.15) is 27.2 Å². The molecule has 130 valence electrons. The van der Waals surface area contributed by atoms with E-state index < -0.39 is 0 Å². The molecule has 2 heterocycles. The van der Waals surface area contributed by atoms with Gasteiger partial charge in [-0.25, -0.2) is 4.98 Å². The van der Waals surface area contributed by atoms with Gasteiger partial charge < -0.3 is 10.2 Å². The van der Waals surface area contributed by atoms with Crippen molar-refractivity contribution in [1.82, 2.24) is 4.98 Å². The third-order valence-electron chi connectivity index (χ3n) is 5.03. The van der Waals surface area contributed by atoms with Crippen molar-refractivity contribution in [3.05, 3.63) is 83.2 Å². The molecule has 1 aliphatic rings. The number of aryl methyl sites for hydroxylation is 1. The highest BCUT2D eigenvalue weighted by molar-refractivity contribution is 6.03. The summed E-state index contributed by atoms with van der Waals surface area (Å²) in [5.74, 6) is -0.188. The molecule has 4 heteroatoms. The van der Waals surface area contributed by atoms with E-state index in [0.717, 1.165) is 35.5 Å².